The monoisotopic (exact) mass is 431 g/mol. The molecule has 8 nitrogen and oxygen atoms in total. The third-order valence-corrected chi connectivity index (χ3v) is 5.12. The van der Waals surface area contributed by atoms with E-state index in [0.717, 1.165) is 11.3 Å². The number of azo groups is 1. The lowest BCUT2D eigenvalue weighted by Crippen LogP contribution is -2.46. The summed E-state index contributed by atoms with van der Waals surface area (Å²) in [6.45, 7) is 3.65. The molecule has 2 aromatic carbocycles. The molecule has 31 heavy (non-hydrogen) atoms. The van der Waals surface area contributed by atoms with Gasteiger partial charge in [-0.15, -0.1) is 5.11 Å². The molecule has 0 aliphatic carbocycles. The highest BCUT2D eigenvalue weighted by Crippen LogP contribution is 2.35. The molecule has 5 N–H and O–H groups in total. The van der Waals surface area contributed by atoms with Crippen LogP contribution in [0.2, 0.25) is 0 Å². The lowest BCUT2D eigenvalue weighted by Gasteiger charge is -2.28. The number of aliphatic hydroxyl groups is 4. The Hall–Kier alpha value is -2.36. The molecule has 0 saturated carbocycles. The summed E-state index contributed by atoms with van der Waals surface area (Å²) >= 11 is 0. The maximum atomic E-state index is 10.3. The van der Waals surface area contributed by atoms with Crippen LogP contribution in [0, 0.1) is 6.92 Å². The highest BCUT2D eigenvalue weighted by Gasteiger charge is 2.29. The molecular weight excluding hydrogens is 396 g/mol. The Morgan fingerprint density at radius 1 is 0.903 bits per heavy atom. The minimum atomic E-state index is -1.49. The molecule has 0 aromatic heterocycles. The number of quaternary nitrogens is 1. The molecule has 0 saturated heterocycles. The highest BCUT2D eigenvalue weighted by molar-refractivity contribution is 5.73. The van der Waals surface area contributed by atoms with Crippen LogP contribution in [-0.2, 0) is 0 Å². The average molecular weight is 432 g/mol. The molecule has 4 unspecified atom stereocenters. The van der Waals surface area contributed by atoms with Crippen molar-refractivity contribution in [2.75, 3.05) is 33.0 Å². The van der Waals surface area contributed by atoms with Crippen molar-refractivity contribution in [2.24, 2.45) is 10.2 Å². The molecule has 0 aliphatic heterocycles. The van der Waals surface area contributed by atoms with Gasteiger partial charge in [0.2, 0.25) is 0 Å². The van der Waals surface area contributed by atoms with Crippen LogP contribution in [0.5, 0.6) is 0 Å². The Kier molecular flexibility index (Phi) is 8.67. The van der Waals surface area contributed by atoms with E-state index in [1.165, 1.54) is 0 Å². The zero-order chi connectivity index (χ0) is 23.2. The van der Waals surface area contributed by atoms with Crippen LogP contribution in [0.3, 0.4) is 0 Å². The zero-order valence-corrected chi connectivity index (χ0v) is 18.9. The van der Waals surface area contributed by atoms with Crippen LogP contribution in [0.1, 0.15) is 18.9 Å². The van der Waals surface area contributed by atoms with Gasteiger partial charge in [-0.1, -0.05) is 25.1 Å². The summed E-state index contributed by atoms with van der Waals surface area (Å²) in [7, 11) is 6.16. The van der Waals surface area contributed by atoms with Gasteiger partial charge >= 0.3 is 0 Å². The summed E-state index contributed by atoms with van der Waals surface area (Å²) in [6, 6.07) is 13.2. The second-order valence-corrected chi connectivity index (χ2v) is 8.61. The Morgan fingerprint density at radius 2 is 1.52 bits per heavy atom. The molecule has 170 valence electrons. The Labute approximate surface area is 184 Å². The molecule has 0 spiro atoms. The molecule has 0 radical (unpaired) electrons. The van der Waals surface area contributed by atoms with Crippen molar-refractivity contribution in [1.82, 2.24) is 4.48 Å². The second kappa shape index (κ2) is 10.8. The van der Waals surface area contributed by atoms with E-state index < -0.39 is 24.4 Å². The predicted octanol–water partition coefficient (Wildman–Crippen LogP) is 2.87. The number of hydrogen-bond donors (Lipinski definition) is 5. The lowest BCUT2D eigenvalue weighted by atomic mass is 10.0. The molecule has 0 amide bonds. The third kappa shape index (κ3) is 6.81. The highest BCUT2D eigenvalue weighted by atomic mass is 16.4. The Bertz CT molecular complexity index is 868. The van der Waals surface area contributed by atoms with E-state index in [4.69, 9.17) is 0 Å². The topological polar surface area (TPSA) is 118 Å². The first-order valence-corrected chi connectivity index (χ1v) is 10.4. The quantitative estimate of drug-likeness (QED) is 0.293. The van der Waals surface area contributed by atoms with Gasteiger partial charge in [0.05, 0.1) is 44.7 Å². The van der Waals surface area contributed by atoms with Crippen LogP contribution in [0.25, 0.3) is 0 Å². The number of aryl methyl sites for hydroxylation is 1. The van der Waals surface area contributed by atoms with E-state index in [9.17, 15) is 20.4 Å². The standard InChI is InChI=1S/C23H35N4O4/c1-6-20(28)22(30)23(31)21(29)14-24-17-13-19(27(3,4)5)15(2)12-18(17)26-25-16-10-8-7-9-11-16/h7-13,20-24,28-31H,6,14H2,1-5H3/q+1. The number of anilines is 1. The number of benzene rings is 2. The van der Waals surface area contributed by atoms with Gasteiger partial charge in [-0.3, -0.25) is 4.48 Å². The van der Waals surface area contributed by atoms with Crippen LogP contribution in [0.4, 0.5) is 22.7 Å². The molecule has 8 heteroatoms. The molecule has 2 rings (SSSR count). The van der Waals surface area contributed by atoms with E-state index in [0.29, 0.717) is 21.5 Å². The SMILES string of the molecule is CCC(O)C(O)C(O)C(O)CNc1cc([N+](C)(C)C)c(C)cc1N=Nc1ccccc1. The van der Waals surface area contributed by atoms with Gasteiger partial charge < -0.3 is 25.7 Å². The van der Waals surface area contributed by atoms with E-state index >= 15 is 0 Å². The average Bonchev–Trinajstić information content (AvgIpc) is 2.74. The first-order chi connectivity index (χ1) is 14.5. The summed E-state index contributed by atoms with van der Waals surface area (Å²) in [5.41, 5.74) is 4.05. The summed E-state index contributed by atoms with van der Waals surface area (Å²) in [4.78, 5) is 0. The number of hydrogen-bond acceptors (Lipinski definition) is 7. The molecule has 0 bridgehead atoms. The maximum Gasteiger partial charge on any atom is 0.137 e. The van der Waals surface area contributed by atoms with Gasteiger partial charge in [-0.2, -0.15) is 5.11 Å². The smallest absolute Gasteiger partial charge is 0.137 e. The molecule has 2 aromatic rings. The van der Waals surface area contributed by atoms with Crippen LogP contribution < -0.4 is 9.80 Å². The normalized spacial score (nSPS) is 16.2. The fourth-order valence-electron chi connectivity index (χ4n) is 3.27. The van der Waals surface area contributed by atoms with E-state index in [1.807, 2.05) is 49.4 Å². The number of nitrogens with zero attached hydrogens (tertiary/aromatic N) is 3. The molecule has 0 heterocycles. The molecule has 4 atom stereocenters. The van der Waals surface area contributed by atoms with Crippen LogP contribution in [-0.4, -0.2) is 72.5 Å². The lowest BCUT2D eigenvalue weighted by molar-refractivity contribution is -0.101. The minimum Gasteiger partial charge on any atom is -0.390 e. The van der Waals surface area contributed by atoms with Gasteiger partial charge in [0.1, 0.15) is 23.6 Å². The van der Waals surface area contributed by atoms with Gasteiger partial charge in [0.15, 0.2) is 0 Å². The molecule has 0 aliphatic rings. The van der Waals surface area contributed by atoms with Gasteiger partial charge in [-0.05, 0) is 31.5 Å². The number of nitrogens with one attached hydrogen (secondary N) is 1. The van der Waals surface area contributed by atoms with Crippen molar-refractivity contribution in [3.63, 3.8) is 0 Å². The first kappa shape index (κ1) is 24.9. The second-order valence-electron chi connectivity index (χ2n) is 8.61. The van der Waals surface area contributed by atoms with Gasteiger partial charge in [0.25, 0.3) is 0 Å². The van der Waals surface area contributed by atoms with Gasteiger partial charge in [-0.25, -0.2) is 0 Å². The van der Waals surface area contributed by atoms with Gasteiger partial charge in [0, 0.05) is 18.2 Å². The van der Waals surface area contributed by atoms with E-state index in [1.54, 1.807) is 6.92 Å². The van der Waals surface area contributed by atoms with E-state index in [-0.39, 0.29) is 13.0 Å². The molecular formula is C23H35N4O4+. The summed E-state index contributed by atoms with van der Waals surface area (Å²) < 4.78 is 0.587. The van der Waals surface area contributed by atoms with Crippen LogP contribution >= 0.6 is 0 Å². The van der Waals surface area contributed by atoms with Crippen molar-refractivity contribution in [2.45, 2.75) is 44.7 Å². The van der Waals surface area contributed by atoms with Crippen molar-refractivity contribution < 1.29 is 20.4 Å². The number of aliphatic hydroxyl groups excluding tert-OH is 4. The summed E-state index contributed by atoms with van der Waals surface area (Å²) in [5.74, 6) is 0. The van der Waals surface area contributed by atoms with Crippen molar-refractivity contribution in [3.05, 3.63) is 48.0 Å². The first-order valence-electron chi connectivity index (χ1n) is 10.4. The fraction of sp³-hybridized carbons (Fsp3) is 0.478. The van der Waals surface area contributed by atoms with Crippen molar-refractivity contribution in [1.29, 1.82) is 0 Å². The van der Waals surface area contributed by atoms with Crippen LogP contribution in [0.15, 0.2) is 52.7 Å². The third-order valence-electron chi connectivity index (χ3n) is 5.12. The molecule has 0 fully saturated rings. The number of rotatable bonds is 10. The summed E-state index contributed by atoms with van der Waals surface area (Å²) in [6.07, 6.45) is -5.04. The van der Waals surface area contributed by atoms with Crippen molar-refractivity contribution >= 4 is 22.7 Å². The predicted molar refractivity (Wildman–Crippen MR) is 124 cm³/mol. The fourth-order valence-corrected chi connectivity index (χ4v) is 3.27. The Balaban J connectivity index is 2.29. The maximum absolute atomic E-state index is 10.3. The van der Waals surface area contributed by atoms with E-state index in [2.05, 4.69) is 36.7 Å². The Morgan fingerprint density at radius 3 is 2.10 bits per heavy atom. The minimum absolute atomic E-state index is 0.0395. The summed E-state index contributed by atoms with van der Waals surface area (Å²) in [5, 5.41) is 52.0. The van der Waals surface area contributed by atoms with Crippen molar-refractivity contribution in [3.8, 4) is 0 Å². The largest absolute Gasteiger partial charge is 0.390 e. The zero-order valence-electron chi connectivity index (χ0n) is 18.9.